The summed E-state index contributed by atoms with van der Waals surface area (Å²) < 4.78 is 97.5. The van der Waals surface area contributed by atoms with E-state index in [9.17, 15) is 45.2 Å². The van der Waals surface area contributed by atoms with Crippen molar-refractivity contribution < 1.29 is 59.0 Å². The van der Waals surface area contributed by atoms with Gasteiger partial charge in [-0.3, -0.25) is 19.1 Å². The molecule has 4 heterocycles. The number of aryl methyl sites for hydroxylation is 1. The van der Waals surface area contributed by atoms with Crippen molar-refractivity contribution in [3.63, 3.8) is 0 Å². The van der Waals surface area contributed by atoms with Gasteiger partial charge in [0.1, 0.15) is 40.6 Å². The monoisotopic (exact) mass is 856 g/mol. The molecule has 20 heteroatoms. The van der Waals surface area contributed by atoms with Gasteiger partial charge in [0.15, 0.2) is 5.82 Å². The minimum atomic E-state index is -5.35. The third-order valence-corrected chi connectivity index (χ3v) is 13.0. The van der Waals surface area contributed by atoms with E-state index in [4.69, 9.17) is 9.15 Å². The zero-order chi connectivity index (χ0) is 42.6. The Balaban J connectivity index is 1.15. The predicted molar refractivity (Wildman–Crippen MR) is 205 cm³/mol. The highest BCUT2D eigenvalue weighted by molar-refractivity contribution is 7.91. The minimum absolute atomic E-state index is 0.0289. The van der Waals surface area contributed by atoms with Crippen LogP contribution in [0.2, 0.25) is 0 Å². The van der Waals surface area contributed by atoms with Gasteiger partial charge in [-0.25, -0.2) is 22.6 Å². The number of furan rings is 1. The van der Waals surface area contributed by atoms with Crippen LogP contribution in [0.4, 0.5) is 22.4 Å². The summed E-state index contributed by atoms with van der Waals surface area (Å²) in [6, 6.07) is 8.07. The molecule has 4 amide bonds. The number of carbonyl (C=O) groups excluding carboxylic acids is 4. The Morgan fingerprint density at radius 1 is 1.03 bits per heavy atom. The number of nitrogens with zero attached hydrogens (tertiary/aromatic N) is 3. The Morgan fingerprint density at radius 3 is 2.53 bits per heavy atom. The average Bonchev–Trinajstić information content (AvgIpc) is 4.08. The van der Waals surface area contributed by atoms with Gasteiger partial charge in [-0.2, -0.15) is 4.98 Å². The van der Waals surface area contributed by atoms with Crippen LogP contribution in [-0.2, 0) is 29.1 Å². The number of carbonyl (C=O) groups is 4. The number of aromatic nitrogens is 2. The van der Waals surface area contributed by atoms with E-state index in [1.165, 1.54) is 18.2 Å². The fourth-order valence-electron chi connectivity index (χ4n) is 7.78. The van der Waals surface area contributed by atoms with E-state index in [1.54, 1.807) is 24.3 Å². The Labute approximate surface area is 340 Å². The molecule has 1 saturated heterocycles. The minimum Gasteiger partial charge on any atom is -0.470 e. The summed E-state index contributed by atoms with van der Waals surface area (Å²) in [5.41, 5.74) is 0.346. The summed E-state index contributed by atoms with van der Waals surface area (Å²) in [5, 5.41) is 4.31. The van der Waals surface area contributed by atoms with Crippen LogP contribution in [0, 0.1) is 18.7 Å². The summed E-state index contributed by atoms with van der Waals surface area (Å²) in [5.74, 6) is -3.82. The standard InChI is InChI=1S/C40H40F4N6O9S/c1-21-9-11-22(12-10-21)33-46-31-27-17-24(41)13-16-30(27)58-32(31)35(47-33)57-25-18-29-34(51)48-39(37(53)49-60(55,56)26-14-15-26)19-23(39)7-5-3-2-4-6-8-28(36(52)50(29)20-25)45-38(54)59-40(42,43)44/h5,7,9-13,16-17,23,25-26,28-29H,2-4,6,8,14-15,18-20H2,1H3,(H,45,54)(H,48,51)(H,49,53)/b7-5-/t23-,25-,28+,29+,39-/m1/s1. The summed E-state index contributed by atoms with van der Waals surface area (Å²) in [6.07, 6.45) is -2.45. The van der Waals surface area contributed by atoms with Crippen LogP contribution in [0.3, 0.4) is 0 Å². The molecule has 0 unspecified atom stereocenters. The van der Waals surface area contributed by atoms with Gasteiger partial charge < -0.3 is 29.4 Å². The maximum Gasteiger partial charge on any atom is 0.576 e. The molecule has 0 bridgehead atoms. The molecular formula is C40H40F4N6O9S. The molecule has 2 aromatic heterocycles. The van der Waals surface area contributed by atoms with E-state index in [2.05, 4.69) is 24.7 Å². The van der Waals surface area contributed by atoms with E-state index in [-0.39, 0.29) is 54.2 Å². The molecule has 4 aliphatic rings. The number of benzene rings is 2. The second kappa shape index (κ2) is 15.7. The Hall–Kier alpha value is -5.79. The number of hydrogen-bond donors (Lipinski definition) is 3. The van der Waals surface area contributed by atoms with E-state index in [0.717, 1.165) is 10.5 Å². The Bertz CT molecular complexity index is 2510. The van der Waals surface area contributed by atoms with E-state index in [1.807, 2.05) is 24.4 Å². The molecule has 5 atom stereocenters. The summed E-state index contributed by atoms with van der Waals surface area (Å²) >= 11 is 0. The molecule has 0 spiro atoms. The third kappa shape index (κ3) is 8.60. The molecular weight excluding hydrogens is 817 g/mol. The first-order valence-electron chi connectivity index (χ1n) is 19.5. The molecule has 8 rings (SSSR count). The molecule has 318 valence electrons. The highest BCUT2D eigenvalue weighted by Crippen LogP contribution is 2.46. The van der Waals surface area contributed by atoms with Crippen molar-refractivity contribution in [3.05, 3.63) is 66.0 Å². The van der Waals surface area contributed by atoms with E-state index < -0.39 is 80.9 Å². The van der Waals surface area contributed by atoms with Gasteiger partial charge >= 0.3 is 12.5 Å². The molecule has 15 nitrogen and oxygen atoms in total. The van der Waals surface area contributed by atoms with Gasteiger partial charge in [-0.15, -0.1) is 13.2 Å². The molecule has 2 aromatic carbocycles. The van der Waals surface area contributed by atoms with Gasteiger partial charge in [0.2, 0.25) is 27.4 Å². The van der Waals surface area contributed by atoms with Crippen LogP contribution in [-0.4, -0.2) is 89.0 Å². The van der Waals surface area contributed by atoms with Crippen LogP contribution in [0.15, 0.2) is 59.0 Å². The lowest BCUT2D eigenvalue weighted by atomic mass is 10.1. The van der Waals surface area contributed by atoms with Crippen molar-refractivity contribution in [1.29, 1.82) is 0 Å². The number of nitrogens with one attached hydrogen (secondary N) is 3. The molecule has 3 fully saturated rings. The van der Waals surface area contributed by atoms with Crippen LogP contribution in [0.25, 0.3) is 33.5 Å². The van der Waals surface area contributed by atoms with Crippen molar-refractivity contribution in [2.75, 3.05) is 6.54 Å². The molecule has 2 saturated carbocycles. The van der Waals surface area contributed by atoms with Gasteiger partial charge in [-0.05, 0) is 63.6 Å². The number of allylic oxidation sites excluding steroid dienone is 1. The van der Waals surface area contributed by atoms with Crippen molar-refractivity contribution in [2.24, 2.45) is 5.92 Å². The molecule has 0 radical (unpaired) electrons. The van der Waals surface area contributed by atoms with E-state index in [0.29, 0.717) is 49.5 Å². The van der Waals surface area contributed by atoms with Gasteiger partial charge in [0.25, 0.3) is 11.8 Å². The SMILES string of the molecule is Cc1ccc(-c2nc(O[C@@H]3C[C@H]4C(=O)N[C@]5(C(=O)NS(=O)(=O)C6CC6)C[C@H]5/C=C\CCCCC[C@H](NC(=O)OC(F)(F)F)C(=O)N4C3)c3oc4ccc(F)cc4c3n2)cc1. The normalized spacial score (nSPS) is 25.6. The molecule has 60 heavy (non-hydrogen) atoms. The highest BCUT2D eigenvalue weighted by atomic mass is 32.2. The summed E-state index contributed by atoms with van der Waals surface area (Å²) in [7, 11) is -4.02. The average molecular weight is 857 g/mol. The van der Waals surface area contributed by atoms with Crippen LogP contribution < -0.4 is 20.1 Å². The topological polar surface area (TPSA) is 199 Å². The van der Waals surface area contributed by atoms with Gasteiger partial charge in [0, 0.05) is 23.3 Å². The Kier molecular flexibility index (Phi) is 10.7. The van der Waals surface area contributed by atoms with Crippen LogP contribution in [0.5, 0.6) is 5.88 Å². The number of alkyl carbamates (subject to hydrolysis) is 1. The fourth-order valence-corrected chi connectivity index (χ4v) is 9.15. The third-order valence-electron chi connectivity index (χ3n) is 11.2. The molecule has 2 aliphatic heterocycles. The Morgan fingerprint density at radius 2 is 1.80 bits per heavy atom. The maximum absolute atomic E-state index is 14.5. The second-order valence-electron chi connectivity index (χ2n) is 15.7. The number of hydrogen-bond acceptors (Lipinski definition) is 11. The van der Waals surface area contributed by atoms with Crippen molar-refractivity contribution in [3.8, 4) is 17.3 Å². The number of alkyl halides is 3. The first-order chi connectivity index (χ1) is 28.5. The zero-order valence-corrected chi connectivity index (χ0v) is 32.9. The number of rotatable bonds is 7. The van der Waals surface area contributed by atoms with Crippen molar-refractivity contribution in [2.45, 2.75) is 100 Å². The first-order valence-corrected chi connectivity index (χ1v) is 21.1. The number of amides is 4. The summed E-state index contributed by atoms with van der Waals surface area (Å²) in [6.45, 7) is 1.54. The number of ether oxygens (including phenoxy) is 2. The fraction of sp³-hybridized carbons (Fsp3) is 0.450. The zero-order valence-electron chi connectivity index (χ0n) is 32.1. The largest absolute Gasteiger partial charge is 0.576 e. The quantitative estimate of drug-likeness (QED) is 0.158. The number of sulfonamides is 1. The van der Waals surface area contributed by atoms with Crippen molar-refractivity contribution in [1.82, 2.24) is 30.2 Å². The lowest BCUT2D eigenvalue weighted by molar-refractivity contribution is -0.291. The molecule has 2 aliphatic carbocycles. The highest BCUT2D eigenvalue weighted by Gasteiger charge is 2.62. The maximum atomic E-state index is 14.5. The predicted octanol–water partition coefficient (Wildman–Crippen LogP) is 5.46. The van der Waals surface area contributed by atoms with E-state index >= 15 is 0 Å². The van der Waals surface area contributed by atoms with Gasteiger partial charge in [0.05, 0.1) is 11.8 Å². The van der Waals surface area contributed by atoms with Crippen LogP contribution in [0.1, 0.15) is 63.4 Å². The smallest absolute Gasteiger partial charge is 0.470 e. The lowest BCUT2D eigenvalue weighted by Gasteiger charge is -2.29. The van der Waals surface area contributed by atoms with Gasteiger partial charge in [-0.1, -0.05) is 54.8 Å². The lowest BCUT2D eigenvalue weighted by Crippen LogP contribution is -2.58. The molecule has 3 N–H and O–H groups in total. The number of fused-ring (bicyclic) bond motifs is 5. The summed E-state index contributed by atoms with van der Waals surface area (Å²) in [4.78, 5) is 65.3. The number of halogens is 4. The van der Waals surface area contributed by atoms with Crippen molar-refractivity contribution >= 4 is 55.9 Å². The second-order valence-corrected chi connectivity index (χ2v) is 17.6. The van der Waals surface area contributed by atoms with Crippen LogP contribution >= 0.6 is 0 Å². The molecule has 4 aromatic rings. The first kappa shape index (κ1) is 41.0.